The molecule has 0 spiro atoms. The summed E-state index contributed by atoms with van der Waals surface area (Å²) in [5, 5.41) is 3.41. The van der Waals surface area contributed by atoms with Crippen LogP contribution in [0.5, 0.6) is 0 Å². The summed E-state index contributed by atoms with van der Waals surface area (Å²) in [4.78, 5) is 2.41. The van der Waals surface area contributed by atoms with E-state index >= 15 is 0 Å². The van der Waals surface area contributed by atoms with Gasteiger partial charge in [0.15, 0.2) is 0 Å². The Morgan fingerprint density at radius 2 is 1.79 bits per heavy atom. The largest absolute Gasteiger partial charge is 0.377 e. The van der Waals surface area contributed by atoms with Gasteiger partial charge >= 0.3 is 0 Å². The molecule has 0 aliphatic rings. The summed E-state index contributed by atoms with van der Waals surface area (Å²) in [6.07, 6.45) is 0. The van der Waals surface area contributed by atoms with Crippen molar-refractivity contribution in [3.05, 3.63) is 0 Å². The Morgan fingerprint density at radius 1 is 1.21 bits per heavy atom. The lowest BCUT2D eigenvalue weighted by Crippen LogP contribution is -2.40. The minimum atomic E-state index is -0.0523. The molecule has 0 aromatic rings. The van der Waals surface area contributed by atoms with Gasteiger partial charge < -0.3 is 15.0 Å². The van der Waals surface area contributed by atoms with Crippen LogP contribution in [0, 0.1) is 0 Å². The molecule has 0 unspecified atom stereocenters. The van der Waals surface area contributed by atoms with Gasteiger partial charge in [-0.3, -0.25) is 0 Å². The number of methoxy groups -OCH3 is 1. The number of nitrogens with zero attached hydrogens (tertiary/aromatic N) is 1. The fourth-order valence-electron chi connectivity index (χ4n) is 1.24. The maximum Gasteiger partial charge on any atom is 0.0746 e. The molecule has 86 valence electrons. The summed E-state index contributed by atoms with van der Waals surface area (Å²) in [7, 11) is 1.76. The number of ether oxygens (including phenoxy) is 1. The minimum Gasteiger partial charge on any atom is -0.377 e. The highest BCUT2D eigenvalue weighted by molar-refractivity contribution is 4.71. The predicted molar refractivity (Wildman–Crippen MR) is 61.7 cm³/mol. The lowest BCUT2D eigenvalue weighted by molar-refractivity contribution is 0.0230. The van der Waals surface area contributed by atoms with Crippen LogP contribution in [0.3, 0.4) is 0 Å². The molecule has 0 fully saturated rings. The molecule has 0 aromatic heterocycles. The third-order valence-electron chi connectivity index (χ3n) is 2.60. The van der Waals surface area contributed by atoms with Crippen molar-refractivity contribution in [1.29, 1.82) is 0 Å². The summed E-state index contributed by atoms with van der Waals surface area (Å²) in [5.74, 6) is 0. The van der Waals surface area contributed by atoms with Gasteiger partial charge in [-0.2, -0.15) is 0 Å². The second-order valence-corrected chi connectivity index (χ2v) is 4.17. The first kappa shape index (κ1) is 13.9. The first-order chi connectivity index (χ1) is 6.55. The number of hydrogen-bond acceptors (Lipinski definition) is 3. The van der Waals surface area contributed by atoms with Crippen LogP contribution in [0.25, 0.3) is 0 Å². The summed E-state index contributed by atoms with van der Waals surface area (Å²) in [5.41, 5.74) is -0.0523. The Morgan fingerprint density at radius 3 is 2.21 bits per heavy atom. The molecule has 0 bridgehead atoms. The molecular weight excluding hydrogens is 176 g/mol. The van der Waals surface area contributed by atoms with Crippen LogP contribution in [0.2, 0.25) is 0 Å². The molecule has 0 aromatic carbocycles. The quantitative estimate of drug-likeness (QED) is 0.601. The maximum absolute atomic E-state index is 5.32. The van der Waals surface area contributed by atoms with E-state index in [0.717, 1.165) is 32.7 Å². The average Bonchev–Trinajstić information content (AvgIpc) is 2.18. The SMILES string of the molecule is CCN(CC)CCNCC(C)(C)OC. The van der Waals surface area contributed by atoms with E-state index < -0.39 is 0 Å². The first-order valence-corrected chi connectivity index (χ1v) is 5.54. The Bertz CT molecular complexity index is 133. The van der Waals surface area contributed by atoms with E-state index in [2.05, 4.69) is 37.9 Å². The average molecular weight is 202 g/mol. The van der Waals surface area contributed by atoms with Crippen LogP contribution in [-0.4, -0.2) is 50.3 Å². The van der Waals surface area contributed by atoms with Crippen molar-refractivity contribution in [2.45, 2.75) is 33.3 Å². The van der Waals surface area contributed by atoms with Gasteiger partial charge in [-0.1, -0.05) is 13.8 Å². The Hall–Kier alpha value is -0.120. The Kier molecular flexibility index (Phi) is 7.15. The summed E-state index contributed by atoms with van der Waals surface area (Å²) in [6.45, 7) is 13.9. The number of nitrogens with one attached hydrogen (secondary N) is 1. The van der Waals surface area contributed by atoms with Crippen LogP contribution in [-0.2, 0) is 4.74 Å². The van der Waals surface area contributed by atoms with Crippen LogP contribution >= 0.6 is 0 Å². The molecule has 1 N–H and O–H groups in total. The predicted octanol–water partition coefficient (Wildman–Crippen LogP) is 1.34. The third kappa shape index (κ3) is 6.35. The van der Waals surface area contributed by atoms with E-state index in [1.165, 1.54) is 0 Å². The molecule has 3 heteroatoms. The summed E-state index contributed by atoms with van der Waals surface area (Å²) >= 11 is 0. The van der Waals surface area contributed by atoms with Crippen molar-refractivity contribution in [3.8, 4) is 0 Å². The summed E-state index contributed by atoms with van der Waals surface area (Å²) < 4.78 is 5.32. The van der Waals surface area contributed by atoms with Gasteiger partial charge in [0.05, 0.1) is 5.60 Å². The van der Waals surface area contributed by atoms with Crippen LogP contribution < -0.4 is 5.32 Å². The topological polar surface area (TPSA) is 24.5 Å². The van der Waals surface area contributed by atoms with Gasteiger partial charge in [0, 0.05) is 26.7 Å². The van der Waals surface area contributed by atoms with Crippen molar-refractivity contribution >= 4 is 0 Å². The second-order valence-electron chi connectivity index (χ2n) is 4.17. The first-order valence-electron chi connectivity index (χ1n) is 5.54. The molecule has 0 radical (unpaired) electrons. The zero-order valence-corrected chi connectivity index (χ0v) is 10.4. The van der Waals surface area contributed by atoms with E-state index in [-0.39, 0.29) is 5.60 Å². The van der Waals surface area contributed by atoms with E-state index in [4.69, 9.17) is 4.74 Å². The van der Waals surface area contributed by atoms with Gasteiger partial charge in [-0.25, -0.2) is 0 Å². The second kappa shape index (κ2) is 7.21. The van der Waals surface area contributed by atoms with Crippen molar-refractivity contribution in [2.75, 3.05) is 39.8 Å². The van der Waals surface area contributed by atoms with Gasteiger partial charge in [0.1, 0.15) is 0 Å². The zero-order valence-electron chi connectivity index (χ0n) is 10.4. The van der Waals surface area contributed by atoms with E-state index in [1.54, 1.807) is 7.11 Å². The van der Waals surface area contributed by atoms with Crippen molar-refractivity contribution < 1.29 is 4.74 Å². The third-order valence-corrected chi connectivity index (χ3v) is 2.60. The minimum absolute atomic E-state index is 0.0523. The van der Waals surface area contributed by atoms with Crippen LogP contribution in [0.15, 0.2) is 0 Å². The standard InChI is InChI=1S/C11H26N2O/c1-6-13(7-2)9-8-12-10-11(3,4)14-5/h12H,6-10H2,1-5H3. The molecule has 0 amide bonds. The van der Waals surface area contributed by atoms with Gasteiger partial charge in [-0.15, -0.1) is 0 Å². The maximum atomic E-state index is 5.32. The lowest BCUT2D eigenvalue weighted by Gasteiger charge is -2.24. The number of rotatable bonds is 8. The Labute approximate surface area is 88.8 Å². The molecular formula is C11H26N2O. The van der Waals surface area contributed by atoms with Crippen LogP contribution in [0.4, 0.5) is 0 Å². The van der Waals surface area contributed by atoms with Gasteiger partial charge in [0.25, 0.3) is 0 Å². The summed E-state index contributed by atoms with van der Waals surface area (Å²) in [6, 6.07) is 0. The van der Waals surface area contributed by atoms with E-state index in [9.17, 15) is 0 Å². The lowest BCUT2D eigenvalue weighted by atomic mass is 10.1. The molecule has 14 heavy (non-hydrogen) atoms. The van der Waals surface area contributed by atoms with Gasteiger partial charge in [-0.05, 0) is 26.9 Å². The monoisotopic (exact) mass is 202 g/mol. The molecule has 0 aliphatic heterocycles. The Balaban J connectivity index is 3.45. The molecule has 0 saturated carbocycles. The van der Waals surface area contributed by atoms with Crippen molar-refractivity contribution in [2.24, 2.45) is 0 Å². The van der Waals surface area contributed by atoms with Crippen LogP contribution in [0.1, 0.15) is 27.7 Å². The highest BCUT2D eigenvalue weighted by Gasteiger charge is 2.14. The normalized spacial score (nSPS) is 12.4. The molecule has 3 nitrogen and oxygen atoms in total. The zero-order chi connectivity index (χ0) is 11.0. The molecule has 0 saturated heterocycles. The van der Waals surface area contributed by atoms with Crippen molar-refractivity contribution in [1.82, 2.24) is 10.2 Å². The molecule has 0 heterocycles. The number of likely N-dealkylation sites (N-methyl/N-ethyl adjacent to an activating group) is 1. The molecule has 0 rings (SSSR count). The van der Waals surface area contributed by atoms with Crippen molar-refractivity contribution in [3.63, 3.8) is 0 Å². The fourth-order valence-corrected chi connectivity index (χ4v) is 1.24. The molecule has 0 atom stereocenters. The fraction of sp³-hybridized carbons (Fsp3) is 1.00. The molecule has 0 aliphatic carbocycles. The highest BCUT2D eigenvalue weighted by Crippen LogP contribution is 2.04. The smallest absolute Gasteiger partial charge is 0.0746 e. The number of hydrogen-bond donors (Lipinski definition) is 1. The van der Waals surface area contributed by atoms with E-state index in [0.29, 0.717) is 0 Å². The highest BCUT2D eigenvalue weighted by atomic mass is 16.5. The van der Waals surface area contributed by atoms with Gasteiger partial charge in [0.2, 0.25) is 0 Å². The van der Waals surface area contributed by atoms with E-state index in [1.807, 2.05) is 0 Å².